The molecule has 0 fully saturated rings. The van der Waals surface area contributed by atoms with Crippen molar-refractivity contribution in [3.05, 3.63) is 46.2 Å². The van der Waals surface area contributed by atoms with Gasteiger partial charge in [0.15, 0.2) is 0 Å². The van der Waals surface area contributed by atoms with E-state index in [1.807, 2.05) is 0 Å². The topological polar surface area (TPSA) is 108 Å². The molecule has 0 atom stereocenters. The summed E-state index contributed by atoms with van der Waals surface area (Å²) in [6.45, 7) is 0. The summed E-state index contributed by atoms with van der Waals surface area (Å²) in [4.78, 5) is 21.6. The van der Waals surface area contributed by atoms with Crippen LogP contribution in [0.3, 0.4) is 0 Å². The van der Waals surface area contributed by atoms with E-state index < -0.39 is 10.8 Å². The predicted molar refractivity (Wildman–Crippen MR) is 64.5 cm³/mol. The molecule has 0 unspecified atom stereocenters. The van der Waals surface area contributed by atoms with Gasteiger partial charge in [0, 0.05) is 31.1 Å². The summed E-state index contributed by atoms with van der Waals surface area (Å²) in [5.74, 6) is -0.632. The number of nitrogens with zero attached hydrogens (tertiary/aromatic N) is 2. The Labute approximate surface area is 103 Å². The van der Waals surface area contributed by atoms with Crippen molar-refractivity contribution in [2.24, 2.45) is 0 Å². The van der Waals surface area contributed by atoms with Crippen molar-refractivity contribution in [3.8, 4) is 6.07 Å². The van der Waals surface area contributed by atoms with Crippen molar-refractivity contribution in [3.63, 3.8) is 0 Å². The number of hydrogen-bond donors (Lipinski definition) is 2. The Hall–Kier alpha value is -2.88. The highest BCUT2D eigenvalue weighted by Crippen LogP contribution is 2.17. The molecule has 0 bridgehead atoms. The van der Waals surface area contributed by atoms with E-state index in [-0.39, 0.29) is 16.9 Å². The Balaban J connectivity index is 2.89. The van der Waals surface area contributed by atoms with Gasteiger partial charge in [-0.2, -0.15) is 5.26 Å². The van der Waals surface area contributed by atoms with Gasteiger partial charge >= 0.3 is 0 Å². The fourth-order valence-corrected chi connectivity index (χ4v) is 1.19. The highest BCUT2D eigenvalue weighted by Gasteiger charge is 2.11. The minimum atomic E-state index is -0.632. The maximum atomic E-state index is 11.6. The Morgan fingerprint density at radius 1 is 1.56 bits per heavy atom. The lowest BCUT2D eigenvalue weighted by Gasteiger charge is -2.03. The minimum Gasteiger partial charge on any atom is -0.393 e. The summed E-state index contributed by atoms with van der Waals surface area (Å²) in [5, 5.41) is 24.2. The van der Waals surface area contributed by atoms with Gasteiger partial charge in [-0.15, -0.1) is 0 Å². The first kappa shape index (κ1) is 13.2. The van der Waals surface area contributed by atoms with Crippen LogP contribution in [0.25, 0.3) is 0 Å². The highest BCUT2D eigenvalue weighted by atomic mass is 16.6. The van der Waals surface area contributed by atoms with Crippen molar-refractivity contribution >= 4 is 17.3 Å². The lowest BCUT2D eigenvalue weighted by Crippen LogP contribution is -2.15. The summed E-state index contributed by atoms with van der Waals surface area (Å²) >= 11 is 0. The lowest BCUT2D eigenvalue weighted by atomic mass is 10.2. The van der Waals surface area contributed by atoms with E-state index in [1.54, 1.807) is 13.1 Å². The second kappa shape index (κ2) is 6.00. The smallest absolute Gasteiger partial charge is 0.271 e. The number of nitriles is 1. The van der Waals surface area contributed by atoms with Gasteiger partial charge in [-0.1, -0.05) is 6.07 Å². The third-order valence-electron chi connectivity index (χ3n) is 1.97. The molecule has 0 saturated carbocycles. The van der Waals surface area contributed by atoms with E-state index in [4.69, 9.17) is 5.26 Å². The molecule has 7 nitrogen and oxygen atoms in total. The zero-order valence-corrected chi connectivity index (χ0v) is 9.51. The number of anilines is 1. The van der Waals surface area contributed by atoms with E-state index >= 15 is 0 Å². The van der Waals surface area contributed by atoms with Gasteiger partial charge in [0.2, 0.25) is 0 Å². The van der Waals surface area contributed by atoms with Gasteiger partial charge in [-0.05, 0) is 6.07 Å². The molecular weight excluding hydrogens is 236 g/mol. The normalized spacial score (nSPS) is 10.3. The molecule has 0 aliphatic carbocycles. The average Bonchev–Trinajstić information content (AvgIpc) is 2.36. The third-order valence-corrected chi connectivity index (χ3v) is 1.97. The van der Waals surface area contributed by atoms with Crippen LogP contribution < -0.4 is 10.6 Å². The molecule has 1 aromatic carbocycles. The predicted octanol–water partition coefficient (Wildman–Crippen LogP) is 1.16. The monoisotopic (exact) mass is 246 g/mol. The first-order valence-electron chi connectivity index (χ1n) is 4.92. The Morgan fingerprint density at radius 3 is 2.83 bits per heavy atom. The summed E-state index contributed by atoms with van der Waals surface area (Å²) in [6, 6.07) is 7.18. The molecule has 0 heterocycles. The van der Waals surface area contributed by atoms with Crippen molar-refractivity contribution < 1.29 is 9.72 Å². The number of carbonyl (C=O) groups is 1. The molecular formula is C11H10N4O3. The number of nitrogens with one attached hydrogen (secondary N) is 2. The van der Waals surface area contributed by atoms with Crippen LogP contribution in [-0.4, -0.2) is 17.9 Å². The number of benzene rings is 1. The lowest BCUT2D eigenvalue weighted by molar-refractivity contribution is -0.384. The number of carbonyl (C=O) groups excluding carboxylic acids is 1. The third kappa shape index (κ3) is 3.31. The van der Waals surface area contributed by atoms with Crippen LogP contribution in [0.5, 0.6) is 0 Å². The van der Waals surface area contributed by atoms with Gasteiger partial charge in [0.05, 0.1) is 4.92 Å². The van der Waals surface area contributed by atoms with E-state index in [2.05, 4.69) is 10.6 Å². The first-order valence-corrected chi connectivity index (χ1v) is 4.92. The molecule has 0 saturated heterocycles. The minimum absolute atomic E-state index is 0.121. The molecule has 0 aliphatic heterocycles. The van der Waals surface area contributed by atoms with Crippen LogP contribution in [0.4, 0.5) is 11.4 Å². The fourth-order valence-electron chi connectivity index (χ4n) is 1.19. The van der Waals surface area contributed by atoms with Crippen LogP contribution in [-0.2, 0) is 4.79 Å². The summed E-state index contributed by atoms with van der Waals surface area (Å²) in [7, 11) is 1.55. The molecule has 1 rings (SSSR count). The fraction of sp³-hybridized carbons (Fsp3) is 0.0909. The Morgan fingerprint density at radius 2 is 2.28 bits per heavy atom. The number of rotatable bonds is 4. The summed E-state index contributed by atoms with van der Waals surface area (Å²) in [5.41, 5.74) is -0.000590. The van der Waals surface area contributed by atoms with Gasteiger partial charge in [0.25, 0.3) is 11.6 Å². The molecule has 1 aromatic rings. The van der Waals surface area contributed by atoms with Crippen molar-refractivity contribution in [2.45, 2.75) is 0 Å². The van der Waals surface area contributed by atoms with Crippen LogP contribution in [0, 0.1) is 21.4 Å². The summed E-state index contributed by atoms with van der Waals surface area (Å²) in [6.07, 6.45) is 1.24. The molecule has 1 amide bonds. The van der Waals surface area contributed by atoms with Crippen LogP contribution in [0.2, 0.25) is 0 Å². The molecule has 0 radical (unpaired) electrons. The van der Waals surface area contributed by atoms with E-state index in [0.29, 0.717) is 0 Å². The quantitative estimate of drug-likeness (QED) is 0.358. The van der Waals surface area contributed by atoms with Crippen LogP contribution in [0.1, 0.15) is 0 Å². The zero-order valence-electron chi connectivity index (χ0n) is 9.51. The number of hydrogen-bond acceptors (Lipinski definition) is 5. The van der Waals surface area contributed by atoms with Crippen molar-refractivity contribution in [1.82, 2.24) is 5.32 Å². The van der Waals surface area contributed by atoms with E-state index in [1.165, 1.54) is 30.5 Å². The first-order chi connectivity index (χ1) is 8.58. The second-order valence-corrected chi connectivity index (χ2v) is 3.22. The number of nitro benzene ring substituents is 1. The number of non-ortho nitro benzene ring substituents is 1. The van der Waals surface area contributed by atoms with Gasteiger partial charge in [0.1, 0.15) is 11.6 Å². The number of nitro groups is 1. The SMILES string of the molecule is CN/C=C(/C#N)C(=O)Nc1cccc([N+](=O)[O-])c1. The van der Waals surface area contributed by atoms with Gasteiger partial charge in [-0.3, -0.25) is 14.9 Å². The maximum Gasteiger partial charge on any atom is 0.271 e. The largest absolute Gasteiger partial charge is 0.393 e. The average molecular weight is 246 g/mol. The van der Waals surface area contributed by atoms with E-state index in [0.717, 1.165) is 0 Å². The van der Waals surface area contributed by atoms with Crippen LogP contribution >= 0.6 is 0 Å². The number of amides is 1. The standard InChI is InChI=1S/C11H10N4O3/c1-13-7-8(6-12)11(16)14-9-3-2-4-10(5-9)15(17)18/h2-5,7,13H,1H3,(H,14,16)/b8-7-. The molecule has 0 aliphatic rings. The highest BCUT2D eigenvalue weighted by molar-refractivity contribution is 6.06. The second-order valence-electron chi connectivity index (χ2n) is 3.22. The molecule has 18 heavy (non-hydrogen) atoms. The maximum absolute atomic E-state index is 11.6. The molecule has 92 valence electrons. The van der Waals surface area contributed by atoms with E-state index in [9.17, 15) is 14.9 Å². The Kier molecular flexibility index (Phi) is 4.40. The Bertz CT molecular complexity index is 545. The molecule has 2 N–H and O–H groups in total. The van der Waals surface area contributed by atoms with Crippen molar-refractivity contribution in [1.29, 1.82) is 5.26 Å². The van der Waals surface area contributed by atoms with Gasteiger partial charge < -0.3 is 10.6 Å². The molecule has 0 aromatic heterocycles. The zero-order chi connectivity index (χ0) is 13.5. The van der Waals surface area contributed by atoms with Crippen LogP contribution in [0.15, 0.2) is 36.0 Å². The molecule has 7 heteroatoms. The summed E-state index contributed by atoms with van der Waals surface area (Å²) < 4.78 is 0. The van der Waals surface area contributed by atoms with Crippen molar-refractivity contribution in [2.75, 3.05) is 12.4 Å². The molecule has 0 spiro atoms. The van der Waals surface area contributed by atoms with Gasteiger partial charge in [-0.25, -0.2) is 0 Å².